The highest BCUT2D eigenvalue weighted by atomic mass is 32.1. The van der Waals surface area contributed by atoms with E-state index in [2.05, 4.69) is 19.9 Å². The zero-order valence-electron chi connectivity index (χ0n) is 17.3. The van der Waals surface area contributed by atoms with Crippen molar-refractivity contribution in [2.75, 3.05) is 43.5 Å². The summed E-state index contributed by atoms with van der Waals surface area (Å²) in [6, 6.07) is 14.0. The first kappa shape index (κ1) is 21.8. The van der Waals surface area contributed by atoms with Crippen LogP contribution in [0.2, 0.25) is 0 Å². The SMILES string of the molecule is COc1cccc(N2CCN(C(=O)c3csc(Nc4ccc(OC(F)F)cc4)n3)CC2)c1. The normalized spacial score (nSPS) is 13.9. The van der Waals surface area contributed by atoms with Crippen LogP contribution in [-0.2, 0) is 0 Å². The van der Waals surface area contributed by atoms with Crippen LogP contribution in [0, 0.1) is 0 Å². The van der Waals surface area contributed by atoms with Crippen molar-refractivity contribution in [2.45, 2.75) is 6.61 Å². The van der Waals surface area contributed by atoms with E-state index in [1.807, 2.05) is 24.3 Å². The molecular weight excluding hydrogens is 438 g/mol. The molecule has 0 saturated carbocycles. The minimum absolute atomic E-state index is 0.0774. The maximum Gasteiger partial charge on any atom is 0.387 e. The van der Waals surface area contributed by atoms with Gasteiger partial charge in [0.25, 0.3) is 5.91 Å². The van der Waals surface area contributed by atoms with Crippen molar-refractivity contribution in [1.29, 1.82) is 0 Å². The van der Waals surface area contributed by atoms with Crippen LogP contribution in [0.15, 0.2) is 53.9 Å². The van der Waals surface area contributed by atoms with Crippen LogP contribution in [0.3, 0.4) is 0 Å². The molecule has 2 aromatic carbocycles. The highest BCUT2D eigenvalue weighted by Gasteiger charge is 2.24. The number of nitrogens with zero attached hydrogens (tertiary/aromatic N) is 3. The molecule has 10 heteroatoms. The maximum atomic E-state index is 12.9. The number of methoxy groups -OCH3 is 1. The highest BCUT2D eigenvalue weighted by molar-refractivity contribution is 7.14. The number of carbonyl (C=O) groups excluding carboxylic acids is 1. The Morgan fingerprint density at radius 3 is 2.53 bits per heavy atom. The summed E-state index contributed by atoms with van der Waals surface area (Å²) < 4.78 is 34.1. The van der Waals surface area contributed by atoms with Gasteiger partial charge in [-0.1, -0.05) is 6.07 Å². The van der Waals surface area contributed by atoms with Crippen molar-refractivity contribution in [2.24, 2.45) is 0 Å². The van der Waals surface area contributed by atoms with Gasteiger partial charge in [-0.25, -0.2) is 4.98 Å². The quantitative estimate of drug-likeness (QED) is 0.562. The van der Waals surface area contributed by atoms with Crippen molar-refractivity contribution in [1.82, 2.24) is 9.88 Å². The van der Waals surface area contributed by atoms with Crippen molar-refractivity contribution >= 4 is 33.8 Å². The average Bonchev–Trinajstić information content (AvgIpc) is 3.28. The number of halogens is 2. The van der Waals surface area contributed by atoms with Crippen LogP contribution in [0.25, 0.3) is 0 Å². The van der Waals surface area contributed by atoms with Crippen LogP contribution in [0.1, 0.15) is 10.5 Å². The van der Waals surface area contributed by atoms with Crippen LogP contribution < -0.4 is 19.7 Å². The molecule has 7 nitrogen and oxygen atoms in total. The number of amides is 1. The third-order valence-corrected chi connectivity index (χ3v) is 5.80. The molecule has 1 fully saturated rings. The Kier molecular flexibility index (Phi) is 6.69. The summed E-state index contributed by atoms with van der Waals surface area (Å²) in [5, 5.41) is 5.34. The Morgan fingerprint density at radius 2 is 1.84 bits per heavy atom. The first-order chi connectivity index (χ1) is 15.5. The van der Waals surface area contributed by atoms with E-state index in [1.54, 1.807) is 29.5 Å². The van der Waals surface area contributed by atoms with Gasteiger partial charge in [0.2, 0.25) is 0 Å². The fourth-order valence-electron chi connectivity index (χ4n) is 3.41. The van der Waals surface area contributed by atoms with Gasteiger partial charge in [-0.3, -0.25) is 4.79 Å². The number of nitrogens with one attached hydrogen (secondary N) is 1. The highest BCUT2D eigenvalue weighted by Crippen LogP contribution is 2.25. The second kappa shape index (κ2) is 9.82. The molecule has 32 heavy (non-hydrogen) atoms. The van der Waals surface area contributed by atoms with Gasteiger partial charge in [0.05, 0.1) is 7.11 Å². The number of rotatable bonds is 7. The summed E-state index contributed by atoms with van der Waals surface area (Å²) in [6.07, 6.45) is 0. The van der Waals surface area contributed by atoms with Crippen molar-refractivity contribution < 1.29 is 23.0 Å². The largest absolute Gasteiger partial charge is 0.497 e. The number of carbonyl (C=O) groups is 1. The topological polar surface area (TPSA) is 66.9 Å². The number of benzene rings is 2. The molecule has 2 heterocycles. The van der Waals surface area contributed by atoms with E-state index in [-0.39, 0.29) is 11.7 Å². The summed E-state index contributed by atoms with van der Waals surface area (Å²) in [7, 11) is 1.64. The Hall–Kier alpha value is -3.40. The molecule has 1 amide bonds. The van der Waals surface area contributed by atoms with E-state index in [0.29, 0.717) is 29.6 Å². The summed E-state index contributed by atoms with van der Waals surface area (Å²) in [5.41, 5.74) is 2.11. The number of aromatic nitrogens is 1. The lowest BCUT2D eigenvalue weighted by molar-refractivity contribution is -0.0498. The molecular formula is C22H22F2N4O3S. The third kappa shape index (κ3) is 5.25. The van der Waals surface area contributed by atoms with Crippen LogP contribution >= 0.6 is 11.3 Å². The molecule has 168 valence electrons. The molecule has 1 aromatic heterocycles. The lowest BCUT2D eigenvalue weighted by Gasteiger charge is -2.35. The maximum absolute atomic E-state index is 12.9. The molecule has 0 atom stereocenters. The lowest BCUT2D eigenvalue weighted by atomic mass is 10.2. The molecule has 0 bridgehead atoms. The van der Waals surface area contributed by atoms with Gasteiger partial charge in [0.1, 0.15) is 17.2 Å². The second-order valence-electron chi connectivity index (χ2n) is 7.05. The summed E-state index contributed by atoms with van der Waals surface area (Å²) >= 11 is 1.31. The van der Waals surface area contributed by atoms with Gasteiger partial charge >= 0.3 is 6.61 Å². The Labute approximate surface area is 188 Å². The number of hydrogen-bond donors (Lipinski definition) is 1. The Morgan fingerprint density at radius 1 is 1.09 bits per heavy atom. The molecule has 1 N–H and O–H groups in total. The molecule has 0 radical (unpaired) electrons. The fourth-order valence-corrected chi connectivity index (χ4v) is 4.11. The first-order valence-corrected chi connectivity index (χ1v) is 10.9. The minimum Gasteiger partial charge on any atom is -0.497 e. The molecule has 0 spiro atoms. The number of ether oxygens (including phenoxy) is 2. The fraction of sp³-hybridized carbons (Fsp3) is 0.273. The van der Waals surface area contributed by atoms with E-state index in [0.717, 1.165) is 24.5 Å². The van der Waals surface area contributed by atoms with Crippen molar-refractivity contribution in [3.8, 4) is 11.5 Å². The van der Waals surface area contributed by atoms with Crippen LogP contribution in [0.5, 0.6) is 11.5 Å². The van der Waals surface area contributed by atoms with Gasteiger partial charge in [-0.05, 0) is 36.4 Å². The smallest absolute Gasteiger partial charge is 0.387 e. The number of thiazole rings is 1. The molecule has 0 aliphatic carbocycles. The predicted octanol–water partition coefficient (Wildman–Crippen LogP) is 4.46. The van der Waals surface area contributed by atoms with Gasteiger partial charge in [-0.15, -0.1) is 11.3 Å². The van der Waals surface area contributed by atoms with Gasteiger partial charge in [0, 0.05) is 49.0 Å². The molecule has 3 aromatic rings. The Balaban J connectivity index is 1.33. The minimum atomic E-state index is -2.86. The van der Waals surface area contributed by atoms with Crippen molar-refractivity contribution in [3.05, 3.63) is 59.6 Å². The lowest BCUT2D eigenvalue weighted by Crippen LogP contribution is -2.48. The molecule has 1 saturated heterocycles. The number of anilines is 3. The molecule has 1 aliphatic heterocycles. The molecule has 0 unspecified atom stereocenters. The predicted molar refractivity (Wildman–Crippen MR) is 120 cm³/mol. The van der Waals surface area contributed by atoms with Crippen LogP contribution in [-0.4, -0.2) is 55.7 Å². The number of alkyl halides is 2. The van der Waals surface area contributed by atoms with E-state index in [9.17, 15) is 13.6 Å². The first-order valence-electron chi connectivity index (χ1n) is 9.97. The average molecular weight is 461 g/mol. The molecule has 4 rings (SSSR count). The number of hydrogen-bond acceptors (Lipinski definition) is 7. The summed E-state index contributed by atoms with van der Waals surface area (Å²) in [4.78, 5) is 21.3. The zero-order valence-corrected chi connectivity index (χ0v) is 18.1. The zero-order chi connectivity index (χ0) is 22.5. The van der Waals surface area contributed by atoms with E-state index in [1.165, 1.54) is 23.5 Å². The summed E-state index contributed by atoms with van der Waals surface area (Å²) in [5.74, 6) is 0.772. The number of piperazine rings is 1. The standard InChI is InChI=1S/C22H22F2N4O3S/c1-30-18-4-2-3-16(13-18)27-9-11-28(12-10-27)20(29)19-14-32-22(26-19)25-15-5-7-17(8-6-15)31-21(23)24/h2-8,13-14,21H,9-12H2,1H3,(H,25,26). The Bertz CT molecular complexity index is 1050. The molecule has 1 aliphatic rings. The van der Waals surface area contributed by atoms with Crippen molar-refractivity contribution in [3.63, 3.8) is 0 Å². The van der Waals surface area contributed by atoms with Crippen LogP contribution in [0.4, 0.5) is 25.3 Å². The van der Waals surface area contributed by atoms with Gasteiger partial charge in [-0.2, -0.15) is 8.78 Å². The monoisotopic (exact) mass is 460 g/mol. The van der Waals surface area contributed by atoms with E-state index >= 15 is 0 Å². The second-order valence-corrected chi connectivity index (χ2v) is 7.90. The summed E-state index contributed by atoms with van der Waals surface area (Å²) in [6.45, 7) is -0.217. The van der Waals surface area contributed by atoms with Gasteiger partial charge < -0.3 is 24.6 Å². The van der Waals surface area contributed by atoms with E-state index in [4.69, 9.17) is 4.74 Å². The van der Waals surface area contributed by atoms with E-state index < -0.39 is 6.61 Å². The van der Waals surface area contributed by atoms with Gasteiger partial charge in [0.15, 0.2) is 5.13 Å². The third-order valence-electron chi connectivity index (χ3n) is 5.04.